The molecule has 0 spiro atoms. The van der Waals surface area contributed by atoms with Crippen molar-refractivity contribution < 1.29 is 4.74 Å². The summed E-state index contributed by atoms with van der Waals surface area (Å²) in [6.07, 6.45) is 6.20. The fraction of sp³-hybridized carbons (Fsp3) is 0.667. The Labute approximate surface area is 96.4 Å². The molecule has 0 amide bonds. The van der Waals surface area contributed by atoms with Crippen LogP contribution in [-0.2, 0) is 4.74 Å². The number of hydrogen-bond acceptors (Lipinski definition) is 4. The summed E-state index contributed by atoms with van der Waals surface area (Å²) in [5.74, 6) is 0. The molecule has 4 heteroatoms. The molecule has 1 aliphatic rings. The predicted molar refractivity (Wildman–Crippen MR) is 62.2 cm³/mol. The normalized spacial score (nSPS) is 22.2. The zero-order valence-electron chi connectivity index (χ0n) is 9.94. The third kappa shape index (κ3) is 2.77. The van der Waals surface area contributed by atoms with Crippen molar-refractivity contribution >= 4 is 0 Å². The average Bonchev–Trinajstić information content (AvgIpc) is 2.79. The lowest BCUT2D eigenvalue weighted by Crippen LogP contribution is -2.29. The van der Waals surface area contributed by atoms with Gasteiger partial charge in [-0.2, -0.15) is 0 Å². The molecule has 1 saturated heterocycles. The van der Waals surface area contributed by atoms with E-state index in [0.29, 0.717) is 6.10 Å². The molecule has 1 fully saturated rings. The van der Waals surface area contributed by atoms with Gasteiger partial charge >= 0.3 is 0 Å². The maximum atomic E-state index is 5.57. The molecule has 1 aliphatic heterocycles. The second-order valence-electron chi connectivity index (χ2n) is 4.29. The summed E-state index contributed by atoms with van der Waals surface area (Å²) in [5.41, 5.74) is 2.02. The fourth-order valence-electron chi connectivity index (χ4n) is 2.05. The van der Waals surface area contributed by atoms with Crippen LogP contribution in [0.1, 0.15) is 37.2 Å². The van der Waals surface area contributed by atoms with E-state index in [1.165, 1.54) is 12.8 Å². The quantitative estimate of drug-likeness (QED) is 0.839. The smallest absolute Gasteiger partial charge is 0.0782 e. The monoisotopic (exact) mass is 221 g/mol. The molecule has 2 rings (SSSR count). The first kappa shape index (κ1) is 11.5. The van der Waals surface area contributed by atoms with Gasteiger partial charge in [-0.25, -0.2) is 0 Å². The second kappa shape index (κ2) is 5.37. The highest BCUT2D eigenvalue weighted by atomic mass is 16.5. The SMILES string of the molecule is Cc1nccnc1C(C)NCC1CCCO1. The second-order valence-corrected chi connectivity index (χ2v) is 4.29. The van der Waals surface area contributed by atoms with E-state index < -0.39 is 0 Å². The molecule has 0 saturated carbocycles. The molecule has 0 aromatic carbocycles. The molecule has 16 heavy (non-hydrogen) atoms. The highest BCUT2D eigenvalue weighted by Crippen LogP contribution is 2.14. The molecule has 0 radical (unpaired) electrons. The number of nitrogens with one attached hydrogen (secondary N) is 1. The predicted octanol–water partition coefficient (Wildman–Crippen LogP) is 1.61. The number of hydrogen-bond donors (Lipinski definition) is 1. The van der Waals surface area contributed by atoms with Crippen LogP contribution in [0.4, 0.5) is 0 Å². The summed E-state index contributed by atoms with van der Waals surface area (Å²) in [6, 6.07) is 0.234. The van der Waals surface area contributed by atoms with E-state index in [2.05, 4.69) is 22.2 Å². The first-order valence-electron chi connectivity index (χ1n) is 5.90. The number of ether oxygens (including phenoxy) is 1. The third-order valence-electron chi connectivity index (χ3n) is 3.01. The van der Waals surface area contributed by atoms with Gasteiger partial charge < -0.3 is 10.1 Å². The lowest BCUT2D eigenvalue weighted by atomic mass is 10.1. The maximum absolute atomic E-state index is 5.57. The lowest BCUT2D eigenvalue weighted by molar-refractivity contribution is 0.108. The number of nitrogens with zero attached hydrogens (tertiary/aromatic N) is 2. The molecule has 1 aromatic heterocycles. The van der Waals surface area contributed by atoms with E-state index >= 15 is 0 Å². The van der Waals surface area contributed by atoms with Crippen molar-refractivity contribution in [3.8, 4) is 0 Å². The van der Waals surface area contributed by atoms with Gasteiger partial charge in [0.15, 0.2) is 0 Å². The standard InChI is InChI=1S/C12H19N3O/c1-9-12(14-6-5-13-9)10(2)15-8-11-4-3-7-16-11/h5-6,10-11,15H,3-4,7-8H2,1-2H3. The van der Waals surface area contributed by atoms with Crippen LogP contribution in [0.25, 0.3) is 0 Å². The fourth-order valence-corrected chi connectivity index (χ4v) is 2.05. The molecule has 0 aliphatic carbocycles. The van der Waals surface area contributed by atoms with Crippen molar-refractivity contribution in [1.29, 1.82) is 0 Å². The lowest BCUT2D eigenvalue weighted by Gasteiger charge is -2.17. The van der Waals surface area contributed by atoms with Gasteiger partial charge in [-0.15, -0.1) is 0 Å². The Balaban J connectivity index is 1.87. The molecular weight excluding hydrogens is 202 g/mol. The van der Waals surface area contributed by atoms with Gasteiger partial charge in [-0.05, 0) is 26.7 Å². The first-order valence-corrected chi connectivity index (χ1v) is 5.90. The van der Waals surface area contributed by atoms with Crippen LogP contribution in [0.2, 0.25) is 0 Å². The summed E-state index contributed by atoms with van der Waals surface area (Å²) in [7, 11) is 0. The van der Waals surface area contributed by atoms with Crippen LogP contribution in [0, 0.1) is 6.92 Å². The topological polar surface area (TPSA) is 47.0 Å². The van der Waals surface area contributed by atoms with Gasteiger partial charge in [-0.3, -0.25) is 9.97 Å². The van der Waals surface area contributed by atoms with E-state index in [1.807, 2.05) is 6.92 Å². The van der Waals surface area contributed by atoms with E-state index in [1.54, 1.807) is 12.4 Å². The molecule has 1 N–H and O–H groups in total. The van der Waals surface area contributed by atoms with E-state index in [9.17, 15) is 0 Å². The molecular formula is C12H19N3O. The van der Waals surface area contributed by atoms with Gasteiger partial charge in [-0.1, -0.05) is 0 Å². The largest absolute Gasteiger partial charge is 0.377 e. The number of aromatic nitrogens is 2. The molecule has 4 nitrogen and oxygen atoms in total. The molecule has 1 aromatic rings. The Morgan fingerprint density at radius 2 is 2.31 bits per heavy atom. The van der Waals surface area contributed by atoms with Crippen molar-refractivity contribution in [2.24, 2.45) is 0 Å². The van der Waals surface area contributed by atoms with E-state index in [-0.39, 0.29) is 6.04 Å². The van der Waals surface area contributed by atoms with E-state index in [0.717, 1.165) is 24.5 Å². The zero-order chi connectivity index (χ0) is 11.4. The minimum atomic E-state index is 0.234. The zero-order valence-corrected chi connectivity index (χ0v) is 9.94. The molecule has 2 heterocycles. The van der Waals surface area contributed by atoms with Gasteiger partial charge in [0.2, 0.25) is 0 Å². The maximum Gasteiger partial charge on any atom is 0.0782 e. The molecule has 2 unspecified atom stereocenters. The van der Waals surface area contributed by atoms with Gasteiger partial charge in [0, 0.05) is 31.6 Å². The Kier molecular flexibility index (Phi) is 3.85. The Morgan fingerprint density at radius 1 is 1.50 bits per heavy atom. The molecule has 88 valence electrons. The van der Waals surface area contributed by atoms with Crippen LogP contribution in [0.15, 0.2) is 12.4 Å². The van der Waals surface area contributed by atoms with E-state index in [4.69, 9.17) is 4.74 Å². The summed E-state index contributed by atoms with van der Waals surface area (Å²) in [4.78, 5) is 8.60. The Morgan fingerprint density at radius 3 is 3.00 bits per heavy atom. The van der Waals surface area contributed by atoms with Gasteiger partial charge in [0.05, 0.1) is 17.5 Å². The number of rotatable bonds is 4. The first-order chi connectivity index (χ1) is 7.77. The van der Waals surface area contributed by atoms with Crippen LogP contribution in [0.3, 0.4) is 0 Å². The van der Waals surface area contributed by atoms with Gasteiger partial charge in [0.1, 0.15) is 0 Å². The van der Waals surface area contributed by atoms with Crippen molar-refractivity contribution in [3.63, 3.8) is 0 Å². The Bertz CT molecular complexity index is 337. The van der Waals surface area contributed by atoms with Crippen LogP contribution in [-0.4, -0.2) is 29.2 Å². The van der Waals surface area contributed by atoms with Crippen LogP contribution >= 0.6 is 0 Å². The highest BCUT2D eigenvalue weighted by Gasteiger charge is 2.17. The minimum Gasteiger partial charge on any atom is -0.377 e. The van der Waals surface area contributed by atoms with Crippen molar-refractivity contribution in [2.75, 3.05) is 13.2 Å². The highest BCUT2D eigenvalue weighted by molar-refractivity contribution is 5.12. The van der Waals surface area contributed by atoms with Crippen molar-refractivity contribution in [2.45, 2.75) is 38.8 Å². The van der Waals surface area contributed by atoms with Crippen molar-refractivity contribution in [1.82, 2.24) is 15.3 Å². The van der Waals surface area contributed by atoms with Crippen LogP contribution in [0.5, 0.6) is 0 Å². The van der Waals surface area contributed by atoms with Gasteiger partial charge in [0.25, 0.3) is 0 Å². The summed E-state index contributed by atoms with van der Waals surface area (Å²) in [6.45, 7) is 5.92. The number of aryl methyl sites for hydroxylation is 1. The Hall–Kier alpha value is -1.00. The summed E-state index contributed by atoms with van der Waals surface area (Å²) in [5, 5.41) is 3.45. The van der Waals surface area contributed by atoms with Crippen LogP contribution < -0.4 is 5.32 Å². The minimum absolute atomic E-state index is 0.234. The average molecular weight is 221 g/mol. The van der Waals surface area contributed by atoms with Crippen molar-refractivity contribution in [3.05, 3.63) is 23.8 Å². The summed E-state index contributed by atoms with van der Waals surface area (Å²) >= 11 is 0. The third-order valence-corrected chi connectivity index (χ3v) is 3.01. The molecule has 2 atom stereocenters. The summed E-state index contributed by atoms with van der Waals surface area (Å²) < 4.78 is 5.57. The molecule has 0 bridgehead atoms.